The fourth-order valence-corrected chi connectivity index (χ4v) is 3.56. The fourth-order valence-electron chi connectivity index (χ4n) is 2.68. The normalized spacial score (nSPS) is 17.4. The average molecular weight is 383 g/mol. The Bertz CT molecular complexity index is 837. The van der Waals surface area contributed by atoms with Gasteiger partial charge in [0.25, 0.3) is 0 Å². The first-order chi connectivity index (χ1) is 13.1. The van der Waals surface area contributed by atoms with Crippen LogP contribution in [0.4, 0.5) is 11.4 Å². The molecule has 1 saturated heterocycles. The molecule has 2 aromatic rings. The van der Waals surface area contributed by atoms with Crippen molar-refractivity contribution in [3.05, 3.63) is 54.6 Å². The van der Waals surface area contributed by atoms with E-state index in [2.05, 4.69) is 4.99 Å². The van der Waals surface area contributed by atoms with Gasteiger partial charge in [0.15, 0.2) is 5.17 Å². The first-order valence-corrected chi connectivity index (χ1v) is 9.62. The molecular formula is C20H21N3O3S. The Hall–Kier alpha value is -2.80. The largest absolute Gasteiger partial charge is 0.494 e. The van der Waals surface area contributed by atoms with Crippen LogP contribution < -0.4 is 15.4 Å². The quantitative estimate of drug-likeness (QED) is 0.469. The van der Waals surface area contributed by atoms with Crippen LogP contribution in [0.2, 0.25) is 0 Å². The lowest BCUT2D eigenvalue weighted by molar-refractivity contribution is -0.121. The van der Waals surface area contributed by atoms with Gasteiger partial charge in [0.1, 0.15) is 11.0 Å². The SMILES string of the molecule is CCCOc1ccc(N2C(=O)C[C@@H](SC(N)=Nc3ccccc3)C2=O)cc1. The Morgan fingerprint density at radius 1 is 1.19 bits per heavy atom. The molecule has 0 spiro atoms. The number of benzene rings is 2. The van der Waals surface area contributed by atoms with E-state index in [1.54, 1.807) is 24.3 Å². The van der Waals surface area contributed by atoms with Crippen LogP contribution in [0.15, 0.2) is 59.6 Å². The summed E-state index contributed by atoms with van der Waals surface area (Å²) >= 11 is 1.12. The van der Waals surface area contributed by atoms with Gasteiger partial charge in [0, 0.05) is 6.42 Å². The summed E-state index contributed by atoms with van der Waals surface area (Å²) in [6.07, 6.45) is 1.01. The van der Waals surface area contributed by atoms with Crippen LogP contribution in [0.3, 0.4) is 0 Å². The number of ether oxygens (including phenoxy) is 1. The second-order valence-electron chi connectivity index (χ2n) is 6.01. The summed E-state index contributed by atoms with van der Waals surface area (Å²) in [7, 11) is 0. The number of aliphatic imine (C=N–C) groups is 1. The number of nitrogens with zero attached hydrogens (tertiary/aromatic N) is 2. The molecule has 0 unspecified atom stereocenters. The lowest BCUT2D eigenvalue weighted by Gasteiger charge is -2.15. The number of hydrogen-bond donors (Lipinski definition) is 1. The molecule has 1 atom stereocenters. The number of carbonyl (C=O) groups excluding carboxylic acids is 2. The van der Waals surface area contributed by atoms with Crippen LogP contribution in [0, 0.1) is 0 Å². The van der Waals surface area contributed by atoms with E-state index >= 15 is 0 Å². The molecule has 1 aliphatic heterocycles. The molecule has 6 nitrogen and oxygen atoms in total. The zero-order valence-corrected chi connectivity index (χ0v) is 15.8. The number of imide groups is 1. The maximum atomic E-state index is 12.7. The topological polar surface area (TPSA) is 85.0 Å². The highest BCUT2D eigenvalue weighted by molar-refractivity contribution is 8.15. The third-order valence-corrected chi connectivity index (χ3v) is 4.92. The summed E-state index contributed by atoms with van der Waals surface area (Å²) in [4.78, 5) is 30.6. The molecule has 0 saturated carbocycles. The fraction of sp³-hybridized carbons (Fsp3) is 0.250. The van der Waals surface area contributed by atoms with Gasteiger partial charge in [0.05, 0.1) is 18.0 Å². The van der Waals surface area contributed by atoms with E-state index in [1.165, 1.54) is 4.90 Å². The van der Waals surface area contributed by atoms with Crippen molar-refractivity contribution in [2.24, 2.45) is 10.7 Å². The van der Waals surface area contributed by atoms with Crippen LogP contribution in [0.5, 0.6) is 5.75 Å². The highest BCUT2D eigenvalue weighted by atomic mass is 32.2. The van der Waals surface area contributed by atoms with Crippen molar-refractivity contribution >= 4 is 40.1 Å². The summed E-state index contributed by atoms with van der Waals surface area (Å²) in [5, 5.41) is -0.307. The first-order valence-electron chi connectivity index (χ1n) is 8.74. The molecule has 0 radical (unpaired) electrons. The van der Waals surface area contributed by atoms with E-state index in [9.17, 15) is 9.59 Å². The van der Waals surface area contributed by atoms with Crippen LogP contribution in [0.25, 0.3) is 0 Å². The summed E-state index contributed by atoms with van der Waals surface area (Å²) in [6, 6.07) is 16.2. The number of thioether (sulfide) groups is 1. The molecule has 0 aromatic heterocycles. The second-order valence-corrected chi connectivity index (χ2v) is 7.23. The predicted molar refractivity (Wildman–Crippen MR) is 108 cm³/mol. The zero-order chi connectivity index (χ0) is 19.2. The summed E-state index contributed by atoms with van der Waals surface area (Å²) < 4.78 is 5.53. The molecule has 1 fully saturated rings. The Balaban J connectivity index is 1.68. The highest BCUT2D eigenvalue weighted by Gasteiger charge is 2.40. The van der Waals surface area contributed by atoms with Gasteiger partial charge in [-0.15, -0.1) is 0 Å². The lowest BCUT2D eigenvalue weighted by Crippen LogP contribution is -2.31. The molecule has 3 rings (SSSR count). The molecule has 7 heteroatoms. The highest BCUT2D eigenvalue weighted by Crippen LogP contribution is 2.31. The molecule has 27 heavy (non-hydrogen) atoms. The predicted octanol–water partition coefficient (Wildman–Crippen LogP) is 3.49. The molecular weight excluding hydrogens is 362 g/mol. The van der Waals surface area contributed by atoms with Crippen molar-refractivity contribution in [1.82, 2.24) is 0 Å². The first kappa shape index (κ1) is 19.0. The molecule has 0 aliphatic carbocycles. The van der Waals surface area contributed by atoms with Crippen molar-refractivity contribution in [3.8, 4) is 5.75 Å². The molecule has 2 N–H and O–H groups in total. The smallest absolute Gasteiger partial charge is 0.247 e. The van der Waals surface area contributed by atoms with Crippen LogP contribution in [-0.2, 0) is 9.59 Å². The van der Waals surface area contributed by atoms with E-state index in [4.69, 9.17) is 10.5 Å². The number of anilines is 1. The summed E-state index contributed by atoms with van der Waals surface area (Å²) in [5.74, 6) is 0.190. The lowest BCUT2D eigenvalue weighted by atomic mass is 10.3. The number of amides is 2. The molecule has 0 bridgehead atoms. The third-order valence-electron chi connectivity index (χ3n) is 3.93. The number of carbonyl (C=O) groups is 2. The molecule has 2 amide bonds. The van der Waals surface area contributed by atoms with Gasteiger partial charge in [-0.2, -0.15) is 0 Å². The minimum atomic E-state index is -0.569. The van der Waals surface area contributed by atoms with Crippen molar-refractivity contribution in [2.75, 3.05) is 11.5 Å². The van der Waals surface area contributed by atoms with E-state index < -0.39 is 5.25 Å². The maximum absolute atomic E-state index is 12.7. The van der Waals surface area contributed by atoms with E-state index in [0.717, 1.165) is 18.2 Å². The molecule has 1 heterocycles. The van der Waals surface area contributed by atoms with Gasteiger partial charge in [-0.05, 0) is 42.8 Å². The van der Waals surface area contributed by atoms with Gasteiger partial charge in [-0.3, -0.25) is 9.59 Å². The van der Waals surface area contributed by atoms with Gasteiger partial charge in [-0.1, -0.05) is 36.9 Å². The van der Waals surface area contributed by atoms with Gasteiger partial charge < -0.3 is 10.5 Å². The Morgan fingerprint density at radius 2 is 1.89 bits per heavy atom. The van der Waals surface area contributed by atoms with Crippen LogP contribution in [0.1, 0.15) is 19.8 Å². The molecule has 1 aliphatic rings. The Morgan fingerprint density at radius 3 is 2.56 bits per heavy atom. The second kappa shape index (κ2) is 8.73. The van der Waals surface area contributed by atoms with Crippen molar-refractivity contribution < 1.29 is 14.3 Å². The van der Waals surface area contributed by atoms with Crippen LogP contribution >= 0.6 is 11.8 Å². The number of para-hydroxylation sites is 1. The number of hydrogen-bond acceptors (Lipinski definition) is 5. The summed E-state index contributed by atoms with van der Waals surface area (Å²) in [5.41, 5.74) is 7.20. The van der Waals surface area contributed by atoms with Gasteiger partial charge in [0.2, 0.25) is 11.8 Å². The molecule has 140 valence electrons. The van der Waals surface area contributed by atoms with Crippen molar-refractivity contribution in [1.29, 1.82) is 0 Å². The minimum Gasteiger partial charge on any atom is -0.494 e. The standard InChI is InChI=1S/C20H21N3O3S/c1-2-12-26-16-10-8-15(9-11-16)23-18(24)13-17(19(23)25)27-20(21)22-14-6-4-3-5-7-14/h3-11,17H,2,12-13H2,1H3,(H2,21,22)/t17-/m1/s1. The Labute approximate surface area is 162 Å². The van der Waals surface area contributed by atoms with Gasteiger partial charge >= 0.3 is 0 Å². The van der Waals surface area contributed by atoms with Crippen LogP contribution in [-0.4, -0.2) is 28.8 Å². The number of amidine groups is 1. The van der Waals surface area contributed by atoms with Gasteiger partial charge in [-0.25, -0.2) is 9.89 Å². The number of rotatable bonds is 6. The van der Waals surface area contributed by atoms with E-state index in [1.807, 2.05) is 37.3 Å². The molecule has 2 aromatic carbocycles. The maximum Gasteiger partial charge on any atom is 0.247 e. The van der Waals surface area contributed by atoms with Crippen molar-refractivity contribution in [2.45, 2.75) is 25.0 Å². The minimum absolute atomic E-state index is 0.0998. The summed E-state index contributed by atoms with van der Waals surface area (Å²) in [6.45, 7) is 2.65. The van der Waals surface area contributed by atoms with E-state index in [0.29, 0.717) is 23.7 Å². The average Bonchev–Trinajstić information content (AvgIpc) is 2.94. The zero-order valence-electron chi connectivity index (χ0n) is 15.0. The van der Waals surface area contributed by atoms with Crippen molar-refractivity contribution in [3.63, 3.8) is 0 Å². The monoisotopic (exact) mass is 383 g/mol. The van der Waals surface area contributed by atoms with E-state index in [-0.39, 0.29) is 23.4 Å². The third kappa shape index (κ3) is 4.68. The number of nitrogens with two attached hydrogens (primary N) is 1. The Kier molecular flexibility index (Phi) is 6.13.